The first-order chi connectivity index (χ1) is 4.35. The molecule has 1 N–H and O–H groups in total. The smallest absolute Gasteiger partial charge is 0.165 e. The van der Waals surface area contributed by atoms with Crippen molar-refractivity contribution in [2.45, 2.75) is 6.92 Å². The fraction of sp³-hybridized carbons (Fsp3) is 0.286. The van der Waals surface area contributed by atoms with E-state index in [4.69, 9.17) is 0 Å². The first kappa shape index (κ1) is 7.95. The molecule has 2 heteroatoms. The Morgan fingerprint density at radius 1 is 1.56 bits per heavy atom. The summed E-state index contributed by atoms with van der Waals surface area (Å²) in [5.74, 6) is 0. The van der Waals surface area contributed by atoms with Crippen LogP contribution in [0.5, 0.6) is 0 Å². The van der Waals surface area contributed by atoms with E-state index < -0.39 is 0 Å². The Balaban J connectivity index is 3.90. The summed E-state index contributed by atoms with van der Waals surface area (Å²) in [5, 5.41) is 2.73. The first-order valence-corrected chi connectivity index (χ1v) is 2.81. The van der Waals surface area contributed by atoms with Gasteiger partial charge in [0.25, 0.3) is 0 Å². The van der Waals surface area contributed by atoms with E-state index in [1.807, 2.05) is 13.0 Å². The van der Waals surface area contributed by atoms with Crippen LogP contribution in [0.15, 0.2) is 23.9 Å². The van der Waals surface area contributed by atoms with Crippen molar-refractivity contribution in [2.75, 3.05) is 7.05 Å². The normalized spacial score (nSPS) is 12.0. The quantitative estimate of drug-likeness (QED) is 0.344. The molecule has 0 radical (unpaired) electrons. The van der Waals surface area contributed by atoms with E-state index >= 15 is 0 Å². The molecule has 0 saturated carbocycles. The molecular formula is C7H11NO. The number of hydrogen-bond acceptors (Lipinski definition) is 2. The van der Waals surface area contributed by atoms with E-state index in [1.54, 1.807) is 19.2 Å². The van der Waals surface area contributed by atoms with E-state index in [9.17, 15) is 4.79 Å². The second-order valence-corrected chi connectivity index (χ2v) is 1.52. The molecule has 0 bridgehead atoms. The highest BCUT2D eigenvalue weighted by molar-refractivity contribution is 5.72. The fourth-order valence-electron chi connectivity index (χ4n) is 0.381. The predicted octanol–water partition coefficient (Wildman–Crippen LogP) is 0.865. The van der Waals surface area contributed by atoms with Crippen LogP contribution in [0, 0.1) is 0 Å². The van der Waals surface area contributed by atoms with Crippen molar-refractivity contribution in [1.82, 2.24) is 5.32 Å². The monoisotopic (exact) mass is 125 g/mol. The van der Waals surface area contributed by atoms with Gasteiger partial charge >= 0.3 is 0 Å². The number of allylic oxidation sites excluding steroid dienone is 4. The maximum Gasteiger partial charge on any atom is 0.165 e. The van der Waals surface area contributed by atoms with Crippen molar-refractivity contribution in [3.63, 3.8) is 0 Å². The van der Waals surface area contributed by atoms with Crippen molar-refractivity contribution in [2.24, 2.45) is 0 Å². The van der Waals surface area contributed by atoms with Gasteiger partial charge in [-0.15, -0.1) is 0 Å². The first-order valence-electron chi connectivity index (χ1n) is 2.81. The zero-order valence-corrected chi connectivity index (χ0v) is 5.72. The number of carbonyl (C=O) groups excluding carboxylic acids is 1. The molecule has 0 rings (SSSR count). The lowest BCUT2D eigenvalue weighted by atomic mass is 10.4. The molecule has 0 fully saturated rings. The number of likely N-dealkylation sites (N-methyl/N-ethyl adjacent to an activating group) is 1. The van der Waals surface area contributed by atoms with Gasteiger partial charge in [0.05, 0.1) is 5.70 Å². The van der Waals surface area contributed by atoms with E-state index in [-0.39, 0.29) is 0 Å². The third-order valence-electron chi connectivity index (χ3n) is 0.884. The summed E-state index contributed by atoms with van der Waals surface area (Å²) in [6.45, 7) is 1.90. The highest BCUT2D eigenvalue weighted by atomic mass is 16.1. The molecule has 0 atom stereocenters. The topological polar surface area (TPSA) is 29.1 Å². The third-order valence-corrected chi connectivity index (χ3v) is 0.884. The molecule has 0 aliphatic heterocycles. The number of hydrogen-bond donors (Lipinski definition) is 1. The highest BCUT2D eigenvalue weighted by Gasteiger charge is 1.82. The number of nitrogens with one attached hydrogen (secondary N) is 1. The number of aldehydes is 1. The zero-order chi connectivity index (χ0) is 7.11. The van der Waals surface area contributed by atoms with Gasteiger partial charge in [-0.25, -0.2) is 0 Å². The fourth-order valence-corrected chi connectivity index (χ4v) is 0.381. The highest BCUT2D eigenvalue weighted by Crippen LogP contribution is 1.82. The Hall–Kier alpha value is -1.05. The summed E-state index contributed by atoms with van der Waals surface area (Å²) in [6, 6.07) is 0. The van der Waals surface area contributed by atoms with Crippen molar-refractivity contribution < 1.29 is 4.79 Å². The minimum atomic E-state index is 0.591. The molecule has 0 saturated heterocycles. The van der Waals surface area contributed by atoms with E-state index in [2.05, 4.69) is 5.32 Å². The molecule has 0 amide bonds. The van der Waals surface area contributed by atoms with Crippen molar-refractivity contribution >= 4 is 6.29 Å². The second-order valence-electron chi connectivity index (χ2n) is 1.52. The maximum absolute atomic E-state index is 10.1. The standard InChI is InChI=1S/C7H11NO/c1-3-4-5-7(6-9)8-2/h3-6,8H,1-2H3/b4-3-,7-5-. The van der Waals surface area contributed by atoms with Crippen LogP contribution in [0.3, 0.4) is 0 Å². The SMILES string of the molecule is C/C=C\C=C(\C=O)NC. The summed E-state index contributed by atoms with van der Waals surface area (Å²) in [6.07, 6.45) is 6.16. The minimum absolute atomic E-state index is 0.591. The van der Waals surface area contributed by atoms with E-state index in [0.29, 0.717) is 5.70 Å². The Bertz CT molecular complexity index is 136. The Morgan fingerprint density at radius 2 is 2.22 bits per heavy atom. The summed E-state index contributed by atoms with van der Waals surface area (Å²) in [4.78, 5) is 10.1. The van der Waals surface area contributed by atoms with Crippen LogP contribution in [0.1, 0.15) is 6.92 Å². The summed E-state index contributed by atoms with van der Waals surface area (Å²) < 4.78 is 0. The Morgan fingerprint density at radius 3 is 2.56 bits per heavy atom. The van der Waals surface area contributed by atoms with Crippen LogP contribution in [0.2, 0.25) is 0 Å². The molecule has 0 aromatic rings. The van der Waals surface area contributed by atoms with E-state index in [1.165, 1.54) is 0 Å². The summed E-state index contributed by atoms with van der Waals surface area (Å²) in [5.41, 5.74) is 0.591. The van der Waals surface area contributed by atoms with Gasteiger partial charge in [0.15, 0.2) is 6.29 Å². The zero-order valence-electron chi connectivity index (χ0n) is 5.72. The Kier molecular flexibility index (Phi) is 4.50. The molecule has 50 valence electrons. The lowest BCUT2D eigenvalue weighted by Gasteiger charge is -1.91. The lowest BCUT2D eigenvalue weighted by molar-refractivity contribution is -0.105. The Labute approximate surface area is 55.3 Å². The lowest BCUT2D eigenvalue weighted by Crippen LogP contribution is -2.05. The van der Waals surface area contributed by atoms with Gasteiger partial charge in [0.2, 0.25) is 0 Å². The van der Waals surface area contributed by atoms with Crippen molar-refractivity contribution in [1.29, 1.82) is 0 Å². The van der Waals surface area contributed by atoms with Crippen molar-refractivity contribution in [3.05, 3.63) is 23.9 Å². The minimum Gasteiger partial charge on any atom is -0.385 e. The van der Waals surface area contributed by atoms with Gasteiger partial charge in [0, 0.05) is 7.05 Å². The van der Waals surface area contributed by atoms with Crippen LogP contribution in [-0.2, 0) is 4.79 Å². The van der Waals surface area contributed by atoms with Crippen molar-refractivity contribution in [3.8, 4) is 0 Å². The average Bonchev–Trinajstić information content (AvgIpc) is 1.91. The van der Waals surface area contributed by atoms with Gasteiger partial charge in [-0.1, -0.05) is 12.2 Å². The molecule has 9 heavy (non-hydrogen) atoms. The van der Waals surface area contributed by atoms with Crippen LogP contribution in [0.25, 0.3) is 0 Å². The van der Waals surface area contributed by atoms with E-state index in [0.717, 1.165) is 6.29 Å². The van der Waals surface area contributed by atoms with Crippen LogP contribution in [0.4, 0.5) is 0 Å². The third kappa shape index (κ3) is 3.53. The van der Waals surface area contributed by atoms with Gasteiger partial charge in [-0.3, -0.25) is 4.79 Å². The second kappa shape index (κ2) is 5.09. The average molecular weight is 125 g/mol. The van der Waals surface area contributed by atoms with Gasteiger partial charge in [-0.2, -0.15) is 0 Å². The van der Waals surface area contributed by atoms with Gasteiger partial charge < -0.3 is 5.32 Å². The molecule has 0 heterocycles. The largest absolute Gasteiger partial charge is 0.385 e. The molecule has 0 unspecified atom stereocenters. The van der Waals surface area contributed by atoms with Crippen LogP contribution in [-0.4, -0.2) is 13.3 Å². The maximum atomic E-state index is 10.1. The predicted molar refractivity (Wildman–Crippen MR) is 38.0 cm³/mol. The number of rotatable bonds is 3. The molecular weight excluding hydrogens is 114 g/mol. The molecule has 0 aliphatic carbocycles. The van der Waals surface area contributed by atoms with Crippen LogP contribution < -0.4 is 5.32 Å². The van der Waals surface area contributed by atoms with Crippen LogP contribution >= 0.6 is 0 Å². The molecule has 0 spiro atoms. The molecule has 2 nitrogen and oxygen atoms in total. The number of carbonyl (C=O) groups is 1. The summed E-state index contributed by atoms with van der Waals surface area (Å²) in [7, 11) is 1.71. The summed E-state index contributed by atoms with van der Waals surface area (Å²) >= 11 is 0. The molecule has 0 aromatic heterocycles. The molecule has 0 aromatic carbocycles. The van der Waals surface area contributed by atoms with Gasteiger partial charge in [0.1, 0.15) is 0 Å². The van der Waals surface area contributed by atoms with Gasteiger partial charge in [-0.05, 0) is 13.0 Å². The molecule has 0 aliphatic rings.